The van der Waals surface area contributed by atoms with Crippen LogP contribution in [0, 0.1) is 6.92 Å². The molecule has 0 fully saturated rings. The van der Waals surface area contributed by atoms with Crippen LogP contribution in [0.3, 0.4) is 0 Å². The van der Waals surface area contributed by atoms with E-state index in [1.807, 2.05) is 42.6 Å². The van der Waals surface area contributed by atoms with Crippen molar-refractivity contribution >= 4 is 23.1 Å². The van der Waals surface area contributed by atoms with Crippen LogP contribution in [-0.2, 0) is 6.54 Å². The Kier molecular flexibility index (Phi) is 4.77. The highest BCUT2D eigenvalue weighted by Crippen LogP contribution is 2.30. The van der Waals surface area contributed by atoms with Gasteiger partial charge in [-0.15, -0.1) is 11.3 Å². The Labute approximate surface area is 144 Å². The predicted molar refractivity (Wildman–Crippen MR) is 95.4 cm³/mol. The first-order valence-electron chi connectivity index (χ1n) is 7.43. The smallest absolute Gasteiger partial charge is 0.255 e. The molecule has 24 heavy (non-hydrogen) atoms. The first-order chi connectivity index (χ1) is 11.6. The maximum absolute atomic E-state index is 12.1. The van der Waals surface area contributed by atoms with Crippen molar-refractivity contribution in [2.45, 2.75) is 13.5 Å². The van der Waals surface area contributed by atoms with Crippen LogP contribution in [-0.4, -0.2) is 10.9 Å². The van der Waals surface area contributed by atoms with E-state index in [9.17, 15) is 4.79 Å². The number of nitrogens with one attached hydrogen (secondary N) is 1. The van der Waals surface area contributed by atoms with Gasteiger partial charge in [-0.3, -0.25) is 4.79 Å². The lowest BCUT2D eigenvalue weighted by Crippen LogP contribution is -2.24. The number of hydrogen-bond donors (Lipinski definition) is 2. The Morgan fingerprint density at radius 3 is 2.71 bits per heavy atom. The minimum atomic E-state index is -0.241. The molecule has 0 saturated heterocycles. The maximum atomic E-state index is 12.1. The van der Waals surface area contributed by atoms with Crippen LogP contribution in [0.25, 0.3) is 0 Å². The van der Waals surface area contributed by atoms with Gasteiger partial charge in [-0.05, 0) is 48.2 Å². The lowest BCUT2D eigenvalue weighted by molar-refractivity contribution is 0.0951. The van der Waals surface area contributed by atoms with Gasteiger partial charge >= 0.3 is 0 Å². The molecule has 6 heteroatoms. The number of amides is 1. The molecular formula is C18H17N3O2S. The number of nitrogens with two attached hydrogens (primary N) is 1. The molecule has 0 bridgehead atoms. The summed E-state index contributed by atoms with van der Waals surface area (Å²) in [5.74, 6) is 0.757. The van der Waals surface area contributed by atoms with Crippen molar-refractivity contribution < 1.29 is 9.53 Å². The molecule has 0 spiro atoms. The Bertz CT molecular complexity index is 843. The number of nitrogen functional groups attached to an aromatic ring is 1. The summed E-state index contributed by atoms with van der Waals surface area (Å²) in [6.07, 6.45) is 1.56. The summed E-state index contributed by atoms with van der Waals surface area (Å²) in [7, 11) is 0. The third-order valence-corrected chi connectivity index (χ3v) is 4.38. The average Bonchev–Trinajstić information content (AvgIpc) is 2.99. The van der Waals surface area contributed by atoms with E-state index >= 15 is 0 Å². The number of ether oxygens (including phenoxy) is 1. The van der Waals surface area contributed by atoms with Gasteiger partial charge in [-0.2, -0.15) is 0 Å². The number of pyridine rings is 1. The highest BCUT2D eigenvalue weighted by atomic mass is 32.1. The summed E-state index contributed by atoms with van der Waals surface area (Å²) in [5, 5.41) is 5.72. The lowest BCUT2D eigenvalue weighted by Gasteiger charge is -2.08. The molecule has 2 aromatic heterocycles. The molecule has 5 nitrogen and oxygen atoms in total. The molecule has 1 amide bonds. The topological polar surface area (TPSA) is 77.2 Å². The van der Waals surface area contributed by atoms with E-state index in [4.69, 9.17) is 10.5 Å². The van der Waals surface area contributed by atoms with E-state index in [0.717, 1.165) is 21.9 Å². The first-order valence-corrected chi connectivity index (χ1v) is 8.31. The van der Waals surface area contributed by atoms with Crippen LogP contribution < -0.4 is 15.8 Å². The standard InChI is InChI=1S/C18H17N3O2S/c1-12-8-10-24-18(12)23-14-6-4-13(5-7-14)11-21-17(22)15-3-2-9-20-16(15)19/h2-10H,11H2,1H3,(H2,19,20)(H,21,22). The molecule has 1 aromatic carbocycles. The van der Waals surface area contributed by atoms with Gasteiger partial charge in [0.25, 0.3) is 5.91 Å². The van der Waals surface area contributed by atoms with Gasteiger partial charge in [0.1, 0.15) is 11.6 Å². The minimum Gasteiger partial charge on any atom is -0.446 e. The van der Waals surface area contributed by atoms with Crippen LogP contribution in [0.2, 0.25) is 0 Å². The van der Waals surface area contributed by atoms with Crippen molar-refractivity contribution in [3.8, 4) is 10.8 Å². The fourth-order valence-corrected chi connectivity index (χ4v) is 2.93. The second-order valence-electron chi connectivity index (χ2n) is 5.26. The number of benzene rings is 1. The number of anilines is 1. The van der Waals surface area contributed by atoms with E-state index in [1.165, 1.54) is 0 Å². The number of rotatable bonds is 5. The molecule has 0 aliphatic heterocycles. The number of thiophene rings is 1. The van der Waals surface area contributed by atoms with E-state index in [1.54, 1.807) is 29.7 Å². The summed E-state index contributed by atoms with van der Waals surface area (Å²) in [4.78, 5) is 16.0. The van der Waals surface area contributed by atoms with Gasteiger partial charge in [-0.1, -0.05) is 12.1 Å². The Balaban J connectivity index is 1.59. The largest absolute Gasteiger partial charge is 0.446 e. The summed E-state index contributed by atoms with van der Waals surface area (Å²) in [6.45, 7) is 2.42. The van der Waals surface area contributed by atoms with Gasteiger partial charge in [-0.25, -0.2) is 4.98 Å². The Morgan fingerprint density at radius 2 is 2.04 bits per heavy atom. The molecule has 0 unspecified atom stereocenters. The monoisotopic (exact) mass is 339 g/mol. The van der Waals surface area contributed by atoms with Gasteiger partial charge in [0.15, 0.2) is 5.06 Å². The zero-order chi connectivity index (χ0) is 16.9. The molecular weight excluding hydrogens is 322 g/mol. The molecule has 0 saturated carbocycles. The number of aryl methyl sites for hydroxylation is 1. The molecule has 0 atom stereocenters. The molecule has 0 aliphatic rings. The number of carbonyl (C=O) groups is 1. The number of nitrogens with zero attached hydrogens (tertiary/aromatic N) is 1. The molecule has 122 valence electrons. The summed E-state index contributed by atoms with van der Waals surface area (Å²) in [5.41, 5.74) is 8.17. The van der Waals surface area contributed by atoms with Crippen molar-refractivity contribution in [3.63, 3.8) is 0 Å². The van der Waals surface area contributed by atoms with Crippen molar-refractivity contribution in [3.05, 3.63) is 70.7 Å². The highest BCUT2D eigenvalue weighted by Gasteiger charge is 2.09. The van der Waals surface area contributed by atoms with E-state index in [0.29, 0.717) is 12.1 Å². The van der Waals surface area contributed by atoms with Crippen molar-refractivity contribution in [2.75, 3.05) is 5.73 Å². The van der Waals surface area contributed by atoms with Crippen molar-refractivity contribution in [1.82, 2.24) is 10.3 Å². The zero-order valence-corrected chi connectivity index (χ0v) is 14.0. The third kappa shape index (κ3) is 3.72. The lowest BCUT2D eigenvalue weighted by atomic mass is 10.2. The molecule has 3 rings (SSSR count). The van der Waals surface area contributed by atoms with Gasteiger partial charge in [0, 0.05) is 18.3 Å². The molecule has 2 heterocycles. The van der Waals surface area contributed by atoms with Crippen molar-refractivity contribution in [2.24, 2.45) is 0 Å². The number of carbonyl (C=O) groups excluding carboxylic acids is 1. The van der Waals surface area contributed by atoms with Crippen molar-refractivity contribution in [1.29, 1.82) is 0 Å². The Morgan fingerprint density at radius 1 is 1.25 bits per heavy atom. The van der Waals surface area contributed by atoms with Gasteiger partial charge in [0.05, 0.1) is 5.56 Å². The van der Waals surface area contributed by atoms with Crippen LogP contribution in [0.15, 0.2) is 54.0 Å². The van der Waals surface area contributed by atoms with Crippen LogP contribution >= 0.6 is 11.3 Å². The SMILES string of the molecule is Cc1ccsc1Oc1ccc(CNC(=O)c2cccnc2N)cc1. The third-order valence-electron chi connectivity index (χ3n) is 3.49. The summed E-state index contributed by atoms with van der Waals surface area (Å²) >= 11 is 1.56. The summed E-state index contributed by atoms with van der Waals surface area (Å²) in [6, 6.07) is 13.0. The fourth-order valence-electron chi connectivity index (χ4n) is 2.13. The first kappa shape index (κ1) is 16.0. The van der Waals surface area contributed by atoms with Crippen LogP contribution in [0.5, 0.6) is 10.8 Å². The fraction of sp³-hybridized carbons (Fsp3) is 0.111. The Hall–Kier alpha value is -2.86. The van der Waals surface area contributed by atoms with Gasteiger partial charge in [0.2, 0.25) is 0 Å². The quantitative estimate of drug-likeness (QED) is 0.742. The molecule has 0 radical (unpaired) electrons. The van der Waals surface area contributed by atoms with E-state index in [-0.39, 0.29) is 11.7 Å². The number of aromatic nitrogens is 1. The zero-order valence-electron chi connectivity index (χ0n) is 13.2. The van der Waals surface area contributed by atoms with Crippen LogP contribution in [0.4, 0.5) is 5.82 Å². The van der Waals surface area contributed by atoms with Gasteiger partial charge < -0.3 is 15.8 Å². The molecule has 3 N–H and O–H groups in total. The second-order valence-corrected chi connectivity index (χ2v) is 6.13. The molecule has 0 aliphatic carbocycles. The predicted octanol–water partition coefficient (Wildman–Crippen LogP) is 3.76. The second kappa shape index (κ2) is 7.14. The van der Waals surface area contributed by atoms with Crippen LogP contribution in [0.1, 0.15) is 21.5 Å². The summed E-state index contributed by atoms with van der Waals surface area (Å²) < 4.78 is 5.82. The van der Waals surface area contributed by atoms with E-state index < -0.39 is 0 Å². The normalized spacial score (nSPS) is 10.4. The maximum Gasteiger partial charge on any atom is 0.255 e. The average molecular weight is 339 g/mol. The number of hydrogen-bond acceptors (Lipinski definition) is 5. The molecule has 3 aromatic rings. The van der Waals surface area contributed by atoms with E-state index in [2.05, 4.69) is 10.3 Å². The highest BCUT2D eigenvalue weighted by molar-refractivity contribution is 7.12. The minimum absolute atomic E-state index is 0.227.